The number of benzene rings is 3. The molecule has 1 aromatic heterocycles. The third-order valence-corrected chi connectivity index (χ3v) is 13.2. The predicted molar refractivity (Wildman–Crippen MR) is 175 cm³/mol. The molecule has 6 unspecified atom stereocenters. The van der Waals surface area contributed by atoms with Crippen molar-refractivity contribution in [3.8, 4) is 5.75 Å². The molecule has 3 aromatic carbocycles. The van der Waals surface area contributed by atoms with Gasteiger partial charge in [-0.3, -0.25) is 19.3 Å². The van der Waals surface area contributed by atoms with E-state index in [9.17, 15) is 14.4 Å². The lowest BCUT2D eigenvalue weighted by Crippen LogP contribution is -2.42. The van der Waals surface area contributed by atoms with Crippen molar-refractivity contribution in [1.29, 1.82) is 0 Å². The second-order valence-corrected chi connectivity index (χ2v) is 16.0. The molecule has 4 aliphatic rings. The lowest BCUT2D eigenvalue weighted by molar-refractivity contribution is -0.123. The Morgan fingerprint density at radius 3 is 2.44 bits per heavy atom. The van der Waals surface area contributed by atoms with Crippen LogP contribution >= 0.6 is 66.6 Å². The maximum Gasteiger partial charge on any atom is 0.305 e. The number of aromatic amines is 1. The van der Waals surface area contributed by atoms with Gasteiger partial charge in [0.25, 0.3) is 0 Å². The number of amides is 2. The Morgan fingerprint density at radius 1 is 0.930 bits per heavy atom. The molecule has 2 aliphatic carbocycles. The van der Waals surface area contributed by atoms with E-state index in [0.29, 0.717) is 17.3 Å². The first kappa shape index (κ1) is 28.1. The summed E-state index contributed by atoms with van der Waals surface area (Å²) in [6.45, 7) is 0.340. The Balaban J connectivity index is 1.20. The molecule has 0 spiro atoms. The molecule has 6 nitrogen and oxygen atoms in total. The largest absolute Gasteiger partial charge is 0.489 e. The van der Waals surface area contributed by atoms with Gasteiger partial charge in [-0.05, 0) is 84.3 Å². The second-order valence-electron chi connectivity index (χ2n) is 11.5. The average molecular weight is 759 g/mol. The van der Waals surface area contributed by atoms with Gasteiger partial charge in [0.2, 0.25) is 11.8 Å². The molecule has 3 heterocycles. The third-order valence-electron chi connectivity index (χ3n) is 9.40. The van der Waals surface area contributed by atoms with Gasteiger partial charge in [-0.15, -0.1) is 11.8 Å². The minimum Gasteiger partial charge on any atom is -0.489 e. The molecule has 1 saturated heterocycles. The number of carbonyl (C=O) groups excluding carboxylic acids is 2. The summed E-state index contributed by atoms with van der Waals surface area (Å²) in [7, 11) is 0. The second kappa shape index (κ2) is 10.6. The number of anilines is 1. The van der Waals surface area contributed by atoms with Gasteiger partial charge in [-0.25, -0.2) is 0 Å². The zero-order chi connectivity index (χ0) is 29.6. The van der Waals surface area contributed by atoms with E-state index in [1.165, 1.54) is 16.2 Å². The highest BCUT2D eigenvalue weighted by molar-refractivity contribution is 9.10. The number of hydrogen-bond acceptors (Lipinski definition) is 6. The predicted octanol–water partition coefficient (Wildman–Crippen LogP) is 7.87. The minimum absolute atomic E-state index is 0.0134. The van der Waals surface area contributed by atoms with E-state index >= 15 is 0 Å². The Hall–Kier alpha value is -2.37. The summed E-state index contributed by atoms with van der Waals surface area (Å²) in [6, 6.07) is 21.0. The number of thioether (sulfide) groups is 1. The highest BCUT2D eigenvalue weighted by Gasteiger charge is 2.69. The van der Waals surface area contributed by atoms with Crippen molar-refractivity contribution >= 4 is 84.1 Å². The van der Waals surface area contributed by atoms with E-state index in [1.807, 2.05) is 60.7 Å². The van der Waals surface area contributed by atoms with Gasteiger partial charge in [0.05, 0.1) is 22.5 Å². The summed E-state index contributed by atoms with van der Waals surface area (Å²) in [4.78, 5) is 46.0. The van der Waals surface area contributed by atoms with Crippen molar-refractivity contribution in [2.75, 3.05) is 4.90 Å². The molecule has 2 bridgehead atoms. The van der Waals surface area contributed by atoms with E-state index < -0.39 is 0 Å². The van der Waals surface area contributed by atoms with Crippen LogP contribution in [0.15, 0.2) is 85.5 Å². The van der Waals surface area contributed by atoms with Gasteiger partial charge in [0, 0.05) is 35.6 Å². The fourth-order valence-electron chi connectivity index (χ4n) is 7.89. The maximum atomic E-state index is 14.0. The molecule has 2 aliphatic heterocycles. The molecule has 7 atom stereocenters. The van der Waals surface area contributed by atoms with Gasteiger partial charge in [0.15, 0.2) is 0 Å². The molecule has 2 saturated carbocycles. The molecule has 2 amide bonds. The van der Waals surface area contributed by atoms with Gasteiger partial charge < -0.3 is 9.72 Å². The van der Waals surface area contributed by atoms with E-state index in [1.54, 1.807) is 11.8 Å². The van der Waals surface area contributed by atoms with Crippen LogP contribution in [-0.2, 0) is 16.2 Å². The first-order chi connectivity index (χ1) is 20.8. The van der Waals surface area contributed by atoms with Crippen LogP contribution in [0.5, 0.6) is 5.75 Å². The molecule has 11 heteroatoms. The van der Waals surface area contributed by atoms with Crippen molar-refractivity contribution in [3.63, 3.8) is 0 Å². The summed E-state index contributed by atoms with van der Waals surface area (Å²) >= 11 is 16.3. The SMILES string of the molecule is O=C1C2C3CC(C2C(=O)N1c1ccc(Br)cc1)C1C3Sc2[nH]c(=O)sc2[C@@H]1c1cc(Br)ccc1OCc1cccc(Cl)c1. The van der Waals surface area contributed by atoms with Crippen molar-refractivity contribution in [1.82, 2.24) is 4.98 Å². The van der Waals surface area contributed by atoms with Crippen molar-refractivity contribution in [2.24, 2.45) is 29.6 Å². The average Bonchev–Trinajstić information content (AvgIpc) is 3.72. The number of carbonyl (C=O) groups is 2. The number of thiazole rings is 1. The molecule has 8 rings (SSSR count). The number of H-pyrrole nitrogens is 1. The number of fused-ring (bicyclic) bond motifs is 9. The Labute approximate surface area is 277 Å². The van der Waals surface area contributed by atoms with E-state index in [-0.39, 0.29) is 57.4 Å². The Kier molecular flexibility index (Phi) is 6.95. The lowest BCUT2D eigenvalue weighted by atomic mass is 9.68. The first-order valence-electron chi connectivity index (χ1n) is 14.0. The number of hydrogen-bond donors (Lipinski definition) is 1. The standard InChI is InChI=1S/C32H23Br2ClN2O4S2/c33-15-4-7-18(8-5-15)37-30(38)25-20-12-21(26(25)31(37)39)27-24(20)23(28-29(42-27)36-32(40)43-28)19-11-16(34)6-9-22(19)41-13-14-2-1-3-17(35)10-14/h1-11,20-21,23-27H,12-13H2,(H,36,40)/t20?,21?,23-,24?,25?,26?,27?/m1/s1. The van der Waals surface area contributed by atoms with Crippen LogP contribution in [0.25, 0.3) is 0 Å². The quantitative estimate of drug-likeness (QED) is 0.210. The van der Waals surface area contributed by atoms with Crippen LogP contribution in [0.3, 0.4) is 0 Å². The molecular formula is C32H23Br2ClN2O4S2. The number of ether oxygens (including phenoxy) is 1. The summed E-state index contributed by atoms with van der Waals surface area (Å²) in [5.74, 6) is -0.213. The highest BCUT2D eigenvalue weighted by atomic mass is 79.9. The number of rotatable bonds is 5. The molecule has 43 heavy (non-hydrogen) atoms. The molecular weight excluding hydrogens is 736 g/mol. The van der Waals surface area contributed by atoms with Crippen molar-refractivity contribution in [3.05, 3.63) is 106 Å². The fraction of sp³-hybridized carbons (Fsp3) is 0.281. The molecule has 1 N–H and O–H groups in total. The molecule has 3 fully saturated rings. The highest BCUT2D eigenvalue weighted by Crippen LogP contribution is 2.69. The van der Waals surface area contributed by atoms with E-state index in [0.717, 1.165) is 42.1 Å². The van der Waals surface area contributed by atoms with Crippen LogP contribution < -0.4 is 14.5 Å². The monoisotopic (exact) mass is 756 g/mol. The first-order valence-corrected chi connectivity index (χ1v) is 17.6. The summed E-state index contributed by atoms with van der Waals surface area (Å²) in [5.41, 5.74) is 2.55. The molecule has 218 valence electrons. The van der Waals surface area contributed by atoms with E-state index in [4.69, 9.17) is 16.3 Å². The Morgan fingerprint density at radius 2 is 1.67 bits per heavy atom. The summed E-state index contributed by atoms with van der Waals surface area (Å²) in [6.07, 6.45) is 0.825. The topological polar surface area (TPSA) is 79.5 Å². The number of nitrogens with zero attached hydrogens (tertiary/aromatic N) is 1. The van der Waals surface area contributed by atoms with Crippen LogP contribution in [0.4, 0.5) is 5.69 Å². The Bertz CT molecular complexity index is 1860. The fourth-order valence-corrected chi connectivity index (χ4v) is 11.6. The zero-order valence-electron chi connectivity index (χ0n) is 22.3. The van der Waals surface area contributed by atoms with Gasteiger partial charge >= 0.3 is 4.87 Å². The van der Waals surface area contributed by atoms with Gasteiger partial charge in [-0.1, -0.05) is 66.9 Å². The van der Waals surface area contributed by atoms with Gasteiger partial charge in [0.1, 0.15) is 12.4 Å². The van der Waals surface area contributed by atoms with Gasteiger partial charge in [-0.2, -0.15) is 0 Å². The molecule has 0 radical (unpaired) electrons. The number of halogens is 3. The minimum atomic E-state index is -0.370. The number of aromatic nitrogens is 1. The smallest absolute Gasteiger partial charge is 0.305 e. The number of nitrogens with one attached hydrogen (secondary N) is 1. The summed E-state index contributed by atoms with van der Waals surface area (Å²) < 4.78 is 8.24. The van der Waals surface area contributed by atoms with Crippen LogP contribution in [0.2, 0.25) is 5.02 Å². The maximum absolute atomic E-state index is 14.0. The summed E-state index contributed by atoms with van der Waals surface area (Å²) in [5, 5.41) is 1.61. The normalized spacial score (nSPS) is 28.6. The third kappa shape index (κ3) is 4.50. The van der Waals surface area contributed by atoms with Crippen LogP contribution in [0.1, 0.15) is 28.3 Å². The zero-order valence-corrected chi connectivity index (χ0v) is 27.9. The lowest BCUT2D eigenvalue weighted by Gasteiger charge is -2.43. The van der Waals surface area contributed by atoms with Crippen LogP contribution in [0, 0.1) is 29.6 Å². The van der Waals surface area contributed by atoms with Crippen molar-refractivity contribution < 1.29 is 14.3 Å². The van der Waals surface area contributed by atoms with Crippen LogP contribution in [-0.4, -0.2) is 22.0 Å². The number of imide groups is 1. The van der Waals surface area contributed by atoms with E-state index in [2.05, 4.69) is 42.9 Å². The van der Waals surface area contributed by atoms with Crippen molar-refractivity contribution in [2.45, 2.75) is 29.2 Å². The molecule has 4 aromatic rings.